The second-order valence-corrected chi connectivity index (χ2v) is 10.2. The number of rotatable bonds is 4. The molecule has 0 aliphatic heterocycles. The van der Waals surface area contributed by atoms with Crippen molar-refractivity contribution in [2.24, 2.45) is 0 Å². The van der Waals surface area contributed by atoms with Gasteiger partial charge >= 0.3 is 0 Å². The van der Waals surface area contributed by atoms with Gasteiger partial charge in [-0.2, -0.15) is 0 Å². The molecular formula is C38H25N3. The van der Waals surface area contributed by atoms with E-state index in [-0.39, 0.29) is 0 Å². The summed E-state index contributed by atoms with van der Waals surface area (Å²) in [5.74, 6) is 0.734. The first-order chi connectivity index (χ1) is 20.3. The Hall–Kier alpha value is -5.54. The quantitative estimate of drug-likeness (QED) is 0.230. The van der Waals surface area contributed by atoms with E-state index in [0.29, 0.717) is 0 Å². The molecular weight excluding hydrogens is 498 g/mol. The molecule has 0 aliphatic rings. The third kappa shape index (κ3) is 3.90. The van der Waals surface area contributed by atoms with Crippen LogP contribution in [0.3, 0.4) is 0 Å². The van der Waals surface area contributed by atoms with Crippen LogP contribution in [-0.2, 0) is 0 Å². The van der Waals surface area contributed by atoms with Crippen molar-refractivity contribution in [3.8, 4) is 39.5 Å². The number of fused-ring (bicyclic) bond motifs is 4. The molecule has 0 atom stereocenters. The Morgan fingerprint density at radius 1 is 0.439 bits per heavy atom. The van der Waals surface area contributed by atoms with Crippen molar-refractivity contribution in [3.63, 3.8) is 0 Å². The minimum absolute atomic E-state index is 0.734. The van der Waals surface area contributed by atoms with Gasteiger partial charge in [0.25, 0.3) is 0 Å². The minimum atomic E-state index is 0.734. The molecule has 3 heteroatoms. The molecule has 8 aromatic rings. The molecule has 2 heterocycles. The molecule has 8 rings (SSSR count). The van der Waals surface area contributed by atoms with Crippen LogP contribution in [0.4, 0.5) is 0 Å². The molecule has 0 radical (unpaired) electrons. The summed E-state index contributed by atoms with van der Waals surface area (Å²) in [6, 6.07) is 53.1. The first-order valence-corrected chi connectivity index (χ1v) is 13.9. The van der Waals surface area contributed by atoms with E-state index < -0.39 is 0 Å². The zero-order valence-corrected chi connectivity index (χ0v) is 22.3. The number of benzene rings is 6. The Morgan fingerprint density at radius 3 is 1.88 bits per heavy atom. The minimum Gasteiger partial charge on any atom is -0.309 e. The molecule has 0 unspecified atom stereocenters. The van der Waals surface area contributed by atoms with Gasteiger partial charge in [-0.15, -0.1) is 0 Å². The summed E-state index contributed by atoms with van der Waals surface area (Å²) in [7, 11) is 0. The van der Waals surface area contributed by atoms with E-state index in [0.717, 1.165) is 44.8 Å². The predicted molar refractivity (Wildman–Crippen MR) is 170 cm³/mol. The number of hydrogen-bond donors (Lipinski definition) is 0. The van der Waals surface area contributed by atoms with Crippen LogP contribution in [0, 0.1) is 0 Å². The van der Waals surface area contributed by atoms with Crippen LogP contribution in [0.25, 0.3) is 72.2 Å². The smallest absolute Gasteiger partial charge is 0.160 e. The molecule has 0 amide bonds. The molecule has 0 saturated carbocycles. The van der Waals surface area contributed by atoms with Crippen LogP contribution < -0.4 is 0 Å². The fraction of sp³-hybridized carbons (Fsp3) is 0. The fourth-order valence-corrected chi connectivity index (χ4v) is 5.94. The van der Waals surface area contributed by atoms with Crippen LogP contribution in [0.2, 0.25) is 0 Å². The summed E-state index contributed by atoms with van der Waals surface area (Å²) in [5, 5.41) is 3.52. The van der Waals surface area contributed by atoms with Crippen LogP contribution in [0.1, 0.15) is 0 Å². The summed E-state index contributed by atoms with van der Waals surface area (Å²) in [5.41, 5.74) is 9.84. The van der Waals surface area contributed by atoms with E-state index in [1.54, 1.807) is 0 Å². The maximum Gasteiger partial charge on any atom is 0.160 e. The highest BCUT2D eigenvalue weighted by molar-refractivity contribution is 6.16. The van der Waals surface area contributed by atoms with Crippen LogP contribution in [0.15, 0.2) is 152 Å². The largest absolute Gasteiger partial charge is 0.309 e. The summed E-state index contributed by atoms with van der Waals surface area (Å²) in [6.45, 7) is 0. The van der Waals surface area contributed by atoms with Gasteiger partial charge < -0.3 is 4.57 Å². The summed E-state index contributed by atoms with van der Waals surface area (Å²) in [4.78, 5) is 10.1. The standard InChI is InChI=1S/C38H25N3/c1-4-13-26(14-5-1)37-32-25-28(23-24-33(32)39-38(40-37)27-15-6-2-7-16-27)30-20-12-22-35-36(30)31-19-10-11-21-34(31)41(35)29-17-8-3-9-18-29/h1-25H. The fourth-order valence-electron chi connectivity index (χ4n) is 5.94. The lowest BCUT2D eigenvalue weighted by Crippen LogP contribution is -1.96. The Balaban J connectivity index is 1.40. The molecule has 0 saturated heterocycles. The summed E-state index contributed by atoms with van der Waals surface area (Å²) < 4.78 is 2.36. The van der Waals surface area contributed by atoms with Crippen molar-refractivity contribution < 1.29 is 0 Å². The normalized spacial score (nSPS) is 11.4. The van der Waals surface area contributed by atoms with E-state index in [1.165, 1.54) is 27.4 Å². The second-order valence-electron chi connectivity index (χ2n) is 10.2. The lowest BCUT2D eigenvalue weighted by molar-refractivity contribution is 1.18. The van der Waals surface area contributed by atoms with Gasteiger partial charge in [-0.25, -0.2) is 9.97 Å². The van der Waals surface area contributed by atoms with E-state index in [1.807, 2.05) is 24.3 Å². The molecule has 0 bridgehead atoms. The highest BCUT2D eigenvalue weighted by Gasteiger charge is 2.17. The van der Waals surface area contributed by atoms with Crippen LogP contribution in [-0.4, -0.2) is 14.5 Å². The SMILES string of the molecule is c1ccc(-c2nc(-c3ccccc3)c3cc(-c4cccc5c4c4ccccc4n5-c4ccccc4)ccc3n2)cc1. The van der Waals surface area contributed by atoms with Gasteiger partial charge in [0.15, 0.2) is 5.82 Å². The van der Waals surface area contributed by atoms with Gasteiger partial charge in [0.2, 0.25) is 0 Å². The maximum absolute atomic E-state index is 5.12. The number of para-hydroxylation sites is 2. The Bertz CT molecular complexity index is 2180. The predicted octanol–water partition coefficient (Wildman–Crippen LogP) is 9.73. The van der Waals surface area contributed by atoms with Crippen molar-refractivity contribution in [3.05, 3.63) is 152 Å². The average molecular weight is 524 g/mol. The lowest BCUT2D eigenvalue weighted by Gasteiger charge is -2.12. The third-order valence-electron chi connectivity index (χ3n) is 7.80. The lowest BCUT2D eigenvalue weighted by atomic mass is 9.96. The first kappa shape index (κ1) is 23.4. The third-order valence-corrected chi connectivity index (χ3v) is 7.80. The first-order valence-electron chi connectivity index (χ1n) is 13.9. The highest BCUT2D eigenvalue weighted by Crippen LogP contribution is 2.40. The second kappa shape index (κ2) is 9.58. The van der Waals surface area contributed by atoms with Gasteiger partial charge in [-0.1, -0.05) is 115 Å². The van der Waals surface area contributed by atoms with Crippen molar-refractivity contribution in [1.82, 2.24) is 14.5 Å². The average Bonchev–Trinajstić information content (AvgIpc) is 3.40. The molecule has 0 fully saturated rings. The molecule has 0 N–H and O–H groups in total. The van der Waals surface area contributed by atoms with Gasteiger partial charge in [-0.05, 0) is 47.5 Å². The molecule has 3 nitrogen and oxygen atoms in total. The van der Waals surface area contributed by atoms with Gasteiger partial charge in [0.05, 0.1) is 22.2 Å². The van der Waals surface area contributed by atoms with E-state index in [4.69, 9.17) is 9.97 Å². The zero-order valence-electron chi connectivity index (χ0n) is 22.3. The van der Waals surface area contributed by atoms with Crippen molar-refractivity contribution in [2.75, 3.05) is 0 Å². The number of aromatic nitrogens is 3. The monoisotopic (exact) mass is 523 g/mol. The molecule has 2 aromatic heterocycles. The van der Waals surface area contributed by atoms with Crippen molar-refractivity contribution in [2.45, 2.75) is 0 Å². The van der Waals surface area contributed by atoms with E-state index in [2.05, 4.69) is 132 Å². The Morgan fingerprint density at radius 2 is 1.10 bits per heavy atom. The maximum atomic E-state index is 5.12. The Labute approximate surface area is 238 Å². The van der Waals surface area contributed by atoms with E-state index >= 15 is 0 Å². The number of nitrogens with zero attached hydrogens (tertiary/aromatic N) is 3. The summed E-state index contributed by atoms with van der Waals surface area (Å²) in [6.07, 6.45) is 0. The molecule has 192 valence electrons. The van der Waals surface area contributed by atoms with Gasteiger partial charge in [-0.3, -0.25) is 0 Å². The van der Waals surface area contributed by atoms with Crippen LogP contribution >= 0.6 is 0 Å². The van der Waals surface area contributed by atoms with Crippen molar-refractivity contribution >= 4 is 32.7 Å². The van der Waals surface area contributed by atoms with Gasteiger partial charge in [0, 0.05) is 33.0 Å². The Kier molecular flexibility index (Phi) is 5.46. The number of hydrogen-bond acceptors (Lipinski definition) is 2. The van der Waals surface area contributed by atoms with Crippen molar-refractivity contribution in [1.29, 1.82) is 0 Å². The molecule has 6 aromatic carbocycles. The zero-order chi connectivity index (χ0) is 27.2. The molecule has 0 aliphatic carbocycles. The highest BCUT2D eigenvalue weighted by atomic mass is 15.0. The molecule has 0 spiro atoms. The molecule has 41 heavy (non-hydrogen) atoms. The van der Waals surface area contributed by atoms with E-state index in [9.17, 15) is 0 Å². The van der Waals surface area contributed by atoms with Gasteiger partial charge in [0.1, 0.15) is 0 Å². The van der Waals surface area contributed by atoms with Crippen LogP contribution in [0.5, 0.6) is 0 Å². The summed E-state index contributed by atoms with van der Waals surface area (Å²) >= 11 is 0. The topological polar surface area (TPSA) is 30.7 Å².